The fourth-order valence-corrected chi connectivity index (χ4v) is 7.58. The van der Waals surface area contributed by atoms with Crippen LogP contribution in [0.2, 0.25) is 0 Å². The van der Waals surface area contributed by atoms with Crippen molar-refractivity contribution in [3.8, 4) is 0 Å². The van der Waals surface area contributed by atoms with Crippen LogP contribution in [0.25, 0.3) is 0 Å². The van der Waals surface area contributed by atoms with Gasteiger partial charge in [-0.2, -0.15) is 24.1 Å². The van der Waals surface area contributed by atoms with Gasteiger partial charge in [-0.05, 0) is 78.1 Å². The lowest BCUT2D eigenvalue weighted by Gasteiger charge is -2.48. The van der Waals surface area contributed by atoms with Gasteiger partial charge in [-0.15, -0.1) is 0 Å². The molecule has 0 spiro atoms. The van der Waals surface area contributed by atoms with E-state index in [1.165, 1.54) is 0 Å². The maximum Gasteiger partial charge on any atom is 0.302 e. The summed E-state index contributed by atoms with van der Waals surface area (Å²) in [7, 11) is -3.92. The molecule has 7 unspecified atom stereocenters. The Labute approximate surface area is 226 Å². The zero-order valence-corrected chi connectivity index (χ0v) is 23.4. The van der Waals surface area contributed by atoms with E-state index in [4.69, 9.17) is 4.18 Å². The summed E-state index contributed by atoms with van der Waals surface area (Å²) >= 11 is -2.51. The normalized spacial score (nSPS) is 29.5. The fraction of sp³-hybridized carbons (Fsp3) is 0.727. The van der Waals surface area contributed by atoms with Crippen LogP contribution in [0.4, 0.5) is 11.9 Å². The van der Waals surface area contributed by atoms with Crippen LogP contribution in [0.15, 0.2) is 0 Å². The first-order valence-electron chi connectivity index (χ1n) is 12.6. The molecule has 0 radical (unpaired) electrons. The number of aryl methyl sites for hydroxylation is 4. The fourth-order valence-electron chi connectivity index (χ4n) is 5.85. The Bertz CT molecular complexity index is 1110. The molecule has 2 aromatic heterocycles. The highest BCUT2D eigenvalue weighted by molar-refractivity contribution is 8.19. The van der Waals surface area contributed by atoms with E-state index in [2.05, 4.69) is 40.5 Å². The standard InChI is InChI=1S/C22H36N8O6S2/c1-11-23-12(2)26-21(25-11)29-15-5-7-17(19(9-15)36-37(31)32)18-8-6-16(10-20(18)38(33,34)35)30-22-27-13(3)24-14(4)28-22/h15-20,33-35H,5-10H2,1-4H3,(H,31,32)(H,23,25,26,29)(H,24,27,28,30). The maximum atomic E-state index is 11.7. The molecular weight excluding hydrogens is 536 g/mol. The van der Waals surface area contributed by atoms with Crippen LogP contribution < -0.4 is 10.6 Å². The van der Waals surface area contributed by atoms with E-state index >= 15 is 0 Å². The van der Waals surface area contributed by atoms with E-state index in [9.17, 15) is 22.4 Å². The Morgan fingerprint density at radius 2 is 1.18 bits per heavy atom. The predicted octanol–water partition coefficient (Wildman–Crippen LogP) is 3.27. The van der Waals surface area contributed by atoms with Crippen molar-refractivity contribution in [1.82, 2.24) is 29.9 Å². The summed E-state index contributed by atoms with van der Waals surface area (Å²) in [5, 5.41) is 5.68. The van der Waals surface area contributed by atoms with E-state index in [1.807, 2.05) is 0 Å². The SMILES string of the molecule is Cc1nc(C)nc(NC2CCC(C3CCC(Nc4nc(C)nc(C)n4)CC3S(O)(O)O)C(OS(=O)O)C2)n1. The van der Waals surface area contributed by atoms with Crippen LogP contribution >= 0.6 is 10.9 Å². The van der Waals surface area contributed by atoms with Gasteiger partial charge in [0.05, 0.1) is 22.2 Å². The maximum absolute atomic E-state index is 11.7. The summed E-state index contributed by atoms with van der Waals surface area (Å²) in [6.07, 6.45) is 2.49. The monoisotopic (exact) mass is 572 g/mol. The third kappa shape index (κ3) is 7.52. The quantitative estimate of drug-likeness (QED) is 0.251. The van der Waals surface area contributed by atoms with Crippen molar-refractivity contribution < 1.29 is 26.6 Å². The van der Waals surface area contributed by atoms with Crippen LogP contribution in [-0.2, 0) is 15.5 Å². The minimum absolute atomic E-state index is 0.123. The average Bonchev–Trinajstić information content (AvgIpc) is 2.77. The first kappa shape index (κ1) is 28.9. The van der Waals surface area contributed by atoms with Crippen molar-refractivity contribution in [2.75, 3.05) is 10.6 Å². The summed E-state index contributed by atoms with van der Waals surface area (Å²) in [5.74, 6) is 2.55. The van der Waals surface area contributed by atoms with Crippen LogP contribution in [0.5, 0.6) is 0 Å². The Hall–Kier alpha value is -2.08. The number of anilines is 2. The zero-order valence-electron chi connectivity index (χ0n) is 21.8. The molecular formula is C22H36N8O6S2. The van der Waals surface area contributed by atoms with Crippen molar-refractivity contribution in [1.29, 1.82) is 0 Å². The zero-order chi connectivity index (χ0) is 27.6. The lowest BCUT2D eigenvalue weighted by molar-refractivity contribution is 0.0408. The molecule has 0 amide bonds. The van der Waals surface area contributed by atoms with Crippen LogP contribution in [0.1, 0.15) is 61.8 Å². The highest BCUT2D eigenvalue weighted by atomic mass is 32.3. The highest BCUT2D eigenvalue weighted by Gasteiger charge is 2.48. The molecule has 0 bridgehead atoms. The number of aromatic nitrogens is 6. The van der Waals surface area contributed by atoms with E-state index in [1.54, 1.807) is 27.7 Å². The molecule has 0 aromatic carbocycles. The molecule has 2 heterocycles. The molecule has 38 heavy (non-hydrogen) atoms. The van der Waals surface area contributed by atoms with Gasteiger partial charge >= 0.3 is 11.4 Å². The Balaban J connectivity index is 1.49. The second-order valence-corrected chi connectivity index (χ2v) is 12.4. The minimum Gasteiger partial charge on any atom is -0.351 e. The molecule has 2 aromatic rings. The topological polar surface area (TPSA) is 209 Å². The van der Waals surface area contributed by atoms with E-state index in [0.717, 1.165) is 0 Å². The molecule has 16 heteroatoms. The number of hydrogen-bond donors (Lipinski definition) is 6. The van der Waals surface area contributed by atoms with Crippen molar-refractivity contribution >= 4 is 34.1 Å². The second-order valence-electron chi connectivity index (χ2n) is 10.1. The van der Waals surface area contributed by atoms with Crippen LogP contribution in [-0.4, -0.2) is 75.8 Å². The highest BCUT2D eigenvalue weighted by Crippen LogP contribution is 2.53. The Kier molecular flexibility index (Phi) is 9.11. The summed E-state index contributed by atoms with van der Waals surface area (Å²) in [4.78, 5) is 25.6. The molecule has 2 aliphatic carbocycles. The summed E-state index contributed by atoms with van der Waals surface area (Å²) < 4.78 is 58.0. The molecule has 2 saturated carbocycles. The first-order valence-corrected chi connectivity index (χ1v) is 15.2. The van der Waals surface area contributed by atoms with E-state index < -0.39 is 33.6 Å². The third-order valence-corrected chi connectivity index (χ3v) is 9.00. The molecule has 2 fully saturated rings. The minimum atomic E-state index is -3.92. The van der Waals surface area contributed by atoms with Gasteiger partial charge in [0.25, 0.3) is 0 Å². The van der Waals surface area contributed by atoms with Gasteiger partial charge in [-0.3, -0.25) is 8.74 Å². The molecule has 4 rings (SSSR count). The molecule has 6 N–H and O–H groups in total. The van der Waals surface area contributed by atoms with E-state index in [-0.39, 0.29) is 30.3 Å². The van der Waals surface area contributed by atoms with Gasteiger partial charge < -0.3 is 24.3 Å². The van der Waals surface area contributed by atoms with Crippen molar-refractivity contribution in [2.24, 2.45) is 11.8 Å². The lowest BCUT2D eigenvalue weighted by atomic mass is 9.70. The second kappa shape index (κ2) is 12.0. The van der Waals surface area contributed by atoms with Crippen molar-refractivity contribution in [2.45, 2.75) is 89.7 Å². The van der Waals surface area contributed by atoms with Crippen molar-refractivity contribution in [3.63, 3.8) is 0 Å². The van der Waals surface area contributed by atoms with Gasteiger partial charge in [-0.1, -0.05) is 0 Å². The van der Waals surface area contributed by atoms with Gasteiger partial charge in [0, 0.05) is 12.1 Å². The number of nitrogens with one attached hydrogen (secondary N) is 2. The van der Waals surface area contributed by atoms with Crippen LogP contribution in [0, 0.1) is 39.5 Å². The number of hydrogen-bond acceptors (Lipinski definition) is 13. The molecule has 212 valence electrons. The first-order chi connectivity index (χ1) is 17.9. The van der Waals surface area contributed by atoms with Crippen molar-refractivity contribution in [3.05, 3.63) is 23.3 Å². The predicted molar refractivity (Wildman–Crippen MR) is 143 cm³/mol. The van der Waals surface area contributed by atoms with Gasteiger partial charge in [-0.25, -0.2) is 9.97 Å². The Morgan fingerprint density at radius 1 is 0.737 bits per heavy atom. The molecule has 0 aliphatic heterocycles. The smallest absolute Gasteiger partial charge is 0.302 e. The average molecular weight is 573 g/mol. The Morgan fingerprint density at radius 3 is 1.63 bits per heavy atom. The van der Waals surface area contributed by atoms with Gasteiger partial charge in [0.2, 0.25) is 11.9 Å². The third-order valence-electron chi connectivity index (χ3n) is 7.23. The molecule has 7 atom stereocenters. The largest absolute Gasteiger partial charge is 0.351 e. The molecule has 2 aliphatic rings. The van der Waals surface area contributed by atoms with Crippen LogP contribution in [0.3, 0.4) is 0 Å². The summed E-state index contributed by atoms with van der Waals surface area (Å²) in [6.45, 7) is 7.09. The summed E-state index contributed by atoms with van der Waals surface area (Å²) in [6, 6.07) is -0.322. The van der Waals surface area contributed by atoms with Gasteiger partial charge in [0.1, 0.15) is 23.3 Å². The van der Waals surface area contributed by atoms with E-state index in [0.29, 0.717) is 67.3 Å². The lowest BCUT2D eigenvalue weighted by Crippen LogP contribution is -2.48. The number of nitrogens with zero attached hydrogens (tertiary/aromatic N) is 6. The van der Waals surface area contributed by atoms with Gasteiger partial charge in [0.15, 0.2) is 0 Å². The molecule has 14 nitrogen and oxygen atoms in total. The summed E-state index contributed by atoms with van der Waals surface area (Å²) in [5.41, 5.74) is 0. The molecule has 0 saturated heterocycles. The number of rotatable bonds is 8.